The first-order valence-corrected chi connectivity index (χ1v) is 6.62. The lowest BCUT2D eigenvalue weighted by Gasteiger charge is -2.15. The molecular weight excluding hydrogens is 238 g/mol. The maximum absolute atomic E-state index is 5.63. The first-order valence-electron chi connectivity index (χ1n) is 6.62. The van der Waals surface area contributed by atoms with Crippen LogP contribution in [-0.4, -0.2) is 16.1 Å². The van der Waals surface area contributed by atoms with Gasteiger partial charge in [-0.05, 0) is 38.5 Å². The molecule has 1 atom stereocenters. The average Bonchev–Trinajstić information content (AvgIpc) is 2.89. The first-order chi connectivity index (χ1) is 9.15. The highest BCUT2D eigenvalue weighted by Gasteiger charge is 2.06. The van der Waals surface area contributed by atoms with Gasteiger partial charge < -0.3 is 15.0 Å². The molecule has 19 heavy (non-hydrogen) atoms. The van der Waals surface area contributed by atoms with Crippen LogP contribution in [0, 0.1) is 0 Å². The molecule has 102 valence electrons. The SMILES string of the molecule is CC(C)Oc1ccc(C(C)NCc2cnc[nH]2)cc1. The molecule has 1 aromatic carbocycles. The van der Waals surface area contributed by atoms with Crippen LogP contribution in [0.15, 0.2) is 36.8 Å². The third-order valence-corrected chi connectivity index (χ3v) is 2.91. The number of imidazole rings is 1. The van der Waals surface area contributed by atoms with Gasteiger partial charge in [-0.1, -0.05) is 12.1 Å². The van der Waals surface area contributed by atoms with Gasteiger partial charge in [0, 0.05) is 24.5 Å². The third kappa shape index (κ3) is 4.10. The number of ether oxygens (including phenoxy) is 1. The van der Waals surface area contributed by atoms with Gasteiger partial charge in [-0.3, -0.25) is 0 Å². The Kier molecular flexibility index (Phi) is 4.58. The largest absolute Gasteiger partial charge is 0.491 e. The Hall–Kier alpha value is -1.81. The maximum Gasteiger partial charge on any atom is 0.119 e. The van der Waals surface area contributed by atoms with Crippen molar-refractivity contribution in [2.75, 3.05) is 0 Å². The van der Waals surface area contributed by atoms with Crippen molar-refractivity contribution in [3.63, 3.8) is 0 Å². The average molecular weight is 259 g/mol. The van der Waals surface area contributed by atoms with Gasteiger partial charge in [0.2, 0.25) is 0 Å². The summed E-state index contributed by atoms with van der Waals surface area (Å²) in [6, 6.07) is 8.52. The molecule has 0 saturated carbocycles. The van der Waals surface area contributed by atoms with Gasteiger partial charge in [-0.15, -0.1) is 0 Å². The summed E-state index contributed by atoms with van der Waals surface area (Å²) in [6.07, 6.45) is 3.74. The summed E-state index contributed by atoms with van der Waals surface area (Å²) in [7, 11) is 0. The molecule has 2 N–H and O–H groups in total. The summed E-state index contributed by atoms with van der Waals surface area (Å²) < 4.78 is 5.63. The van der Waals surface area contributed by atoms with E-state index in [1.54, 1.807) is 6.33 Å². The van der Waals surface area contributed by atoms with Crippen molar-refractivity contribution in [1.82, 2.24) is 15.3 Å². The Labute approximate surface area is 114 Å². The van der Waals surface area contributed by atoms with Gasteiger partial charge >= 0.3 is 0 Å². The number of aromatic nitrogens is 2. The van der Waals surface area contributed by atoms with Gasteiger partial charge in [0.1, 0.15) is 5.75 Å². The standard InChI is InChI=1S/C15H21N3O/c1-11(2)19-15-6-4-13(5-7-15)12(3)17-9-14-8-16-10-18-14/h4-8,10-12,17H,9H2,1-3H3,(H,16,18). The second-order valence-electron chi connectivity index (χ2n) is 4.92. The minimum absolute atomic E-state index is 0.210. The first kappa shape index (κ1) is 13.6. The molecule has 1 heterocycles. The fraction of sp³-hybridized carbons (Fsp3) is 0.400. The minimum Gasteiger partial charge on any atom is -0.491 e. The second-order valence-corrected chi connectivity index (χ2v) is 4.92. The van der Waals surface area contributed by atoms with Crippen molar-refractivity contribution in [3.05, 3.63) is 48.0 Å². The predicted octanol–water partition coefficient (Wildman–Crippen LogP) is 3.05. The van der Waals surface area contributed by atoms with E-state index in [4.69, 9.17) is 4.74 Å². The van der Waals surface area contributed by atoms with Crippen LogP contribution >= 0.6 is 0 Å². The molecular formula is C15H21N3O. The van der Waals surface area contributed by atoms with Crippen molar-refractivity contribution in [2.24, 2.45) is 0 Å². The molecule has 0 fully saturated rings. The van der Waals surface area contributed by atoms with Gasteiger partial charge in [-0.2, -0.15) is 0 Å². The molecule has 1 unspecified atom stereocenters. The van der Waals surface area contributed by atoms with Crippen LogP contribution in [0.4, 0.5) is 0 Å². The summed E-state index contributed by atoms with van der Waals surface area (Å²) in [5.74, 6) is 0.916. The minimum atomic E-state index is 0.210. The molecule has 4 nitrogen and oxygen atoms in total. The van der Waals surface area contributed by atoms with E-state index < -0.39 is 0 Å². The molecule has 0 spiro atoms. The van der Waals surface area contributed by atoms with Crippen molar-refractivity contribution in [2.45, 2.75) is 39.5 Å². The van der Waals surface area contributed by atoms with Crippen molar-refractivity contribution < 1.29 is 4.74 Å². The molecule has 0 amide bonds. The maximum atomic E-state index is 5.63. The number of benzene rings is 1. The molecule has 0 radical (unpaired) electrons. The van der Waals surface area contributed by atoms with Crippen molar-refractivity contribution in [3.8, 4) is 5.75 Å². The molecule has 0 aliphatic rings. The normalized spacial score (nSPS) is 12.6. The quantitative estimate of drug-likeness (QED) is 0.838. The Bertz CT molecular complexity index is 477. The lowest BCUT2D eigenvalue weighted by molar-refractivity contribution is 0.242. The Balaban J connectivity index is 1.90. The van der Waals surface area contributed by atoms with Crippen molar-refractivity contribution in [1.29, 1.82) is 0 Å². The van der Waals surface area contributed by atoms with Gasteiger partial charge in [-0.25, -0.2) is 4.98 Å². The van der Waals surface area contributed by atoms with E-state index in [2.05, 4.69) is 34.3 Å². The number of nitrogens with one attached hydrogen (secondary N) is 2. The molecule has 2 aromatic rings. The van der Waals surface area contributed by atoms with E-state index in [-0.39, 0.29) is 12.1 Å². The van der Waals surface area contributed by atoms with E-state index in [1.807, 2.05) is 32.2 Å². The predicted molar refractivity (Wildman–Crippen MR) is 76.0 cm³/mol. The van der Waals surface area contributed by atoms with E-state index in [9.17, 15) is 0 Å². The van der Waals surface area contributed by atoms with E-state index >= 15 is 0 Å². The highest BCUT2D eigenvalue weighted by molar-refractivity contribution is 5.29. The number of hydrogen-bond acceptors (Lipinski definition) is 3. The third-order valence-electron chi connectivity index (χ3n) is 2.91. The van der Waals surface area contributed by atoms with Crippen LogP contribution in [0.1, 0.15) is 38.1 Å². The zero-order chi connectivity index (χ0) is 13.7. The zero-order valence-corrected chi connectivity index (χ0v) is 11.7. The summed E-state index contributed by atoms with van der Waals surface area (Å²) >= 11 is 0. The van der Waals surface area contributed by atoms with Crippen LogP contribution in [0.2, 0.25) is 0 Å². The van der Waals surface area contributed by atoms with Crippen LogP contribution in [0.25, 0.3) is 0 Å². The fourth-order valence-corrected chi connectivity index (χ4v) is 1.87. The monoisotopic (exact) mass is 259 g/mol. The summed E-state index contributed by atoms with van der Waals surface area (Å²) in [4.78, 5) is 7.08. The summed E-state index contributed by atoms with van der Waals surface area (Å²) in [5, 5.41) is 3.45. The summed E-state index contributed by atoms with van der Waals surface area (Å²) in [6.45, 7) is 6.99. The number of hydrogen-bond donors (Lipinski definition) is 2. The van der Waals surface area contributed by atoms with Crippen LogP contribution in [-0.2, 0) is 6.54 Å². The molecule has 2 rings (SSSR count). The highest BCUT2D eigenvalue weighted by Crippen LogP contribution is 2.18. The molecule has 4 heteroatoms. The summed E-state index contributed by atoms with van der Waals surface area (Å²) in [5.41, 5.74) is 2.34. The smallest absolute Gasteiger partial charge is 0.119 e. The molecule has 0 aliphatic heterocycles. The van der Waals surface area contributed by atoms with E-state index in [1.165, 1.54) is 5.56 Å². The van der Waals surface area contributed by atoms with E-state index in [0.29, 0.717) is 0 Å². The van der Waals surface area contributed by atoms with Crippen LogP contribution in [0.3, 0.4) is 0 Å². The Morgan fingerprint density at radius 1 is 1.21 bits per heavy atom. The van der Waals surface area contributed by atoms with Gasteiger partial charge in [0.15, 0.2) is 0 Å². The highest BCUT2D eigenvalue weighted by atomic mass is 16.5. The Morgan fingerprint density at radius 2 is 1.95 bits per heavy atom. The lowest BCUT2D eigenvalue weighted by Crippen LogP contribution is -2.18. The topological polar surface area (TPSA) is 49.9 Å². The number of H-pyrrole nitrogens is 1. The van der Waals surface area contributed by atoms with Gasteiger partial charge in [0.25, 0.3) is 0 Å². The number of aromatic amines is 1. The molecule has 0 aliphatic carbocycles. The molecule has 1 aromatic heterocycles. The van der Waals surface area contributed by atoms with E-state index in [0.717, 1.165) is 18.0 Å². The fourth-order valence-electron chi connectivity index (χ4n) is 1.87. The van der Waals surface area contributed by atoms with Crippen LogP contribution in [0.5, 0.6) is 5.75 Å². The molecule has 0 saturated heterocycles. The Morgan fingerprint density at radius 3 is 2.53 bits per heavy atom. The van der Waals surface area contributed by atoms with Crippen molar-refractivity contribution >= 4 is 0 Å². The lowest BCUT2D eigenvalue weighted by atomic mass is 10.1. The van der Waals surface area contributed by atoms with Gasteiger partial charge in [0.05, 0.1) is 12.4 Å². The number of rotatable bonds is 6. The zero-order valence-electron chi connectivity index (χ0n) is 11.7. The number of nitrogens with zero attached hydrogens (tertiary/aromatic N) is 1. The molecule has 0 bridgehead atoms. The second kappa shape index (κ2) is 6.38. The van der Waals surface area contributed by atoms with Crippen LogP contribution < -0.4 is 10.1 Å².